The molecule has 0 N–H and O–H groups in total. The first kappa shape index (κ1) is 12.2. The molecule has 2 heteroatoms. The molecule has 0 bridgehead atoms. The molecular formula is C12H20P2. The molecule has 0 amide bonds. The fourth-order valence-corrected chi connectivity index (χ4v) is 5.26. The van der Waals surface area contributed by atoms with Gasteiger partial charge in [-0.1, -0.05) is 28.0 Å². The Balaban J connectivity index is 3.38. The van der Waals surface area contributed by atoms with Gasteiger partial charge in [0.1, 0.15) is 0 Å². The van der Waals surface area contributed by atoms with Gasteiger partial charge in [0, 0.05) is 0 Å². The molecule has 1 aromatic carbocycles. The van der Waals surface area contributed by atoms with Gasteiger partial charge in [0.2, 0.25) is 0 Å². The van der Waals surface area contributed by atoms with Crippen molar-refractivity contribution < 1.29 is 0 Å². The largest absolute Gasteiger partial charge is 0.0810 e. The molecule has 0 heterocycles. The maximum absolute atomic E-state index is 2.36. The van der Waals surface area contributed by atoms with Crippen molar-refractivity contribution in [2.75, 3.05) is 26.7 Å². The van der Waals surface area contributed by atoms with Crippen molar-refractivity contribution >= 4 is 26.5 Å². The Hall–Kier alpha value is 0.0800. The summed E-state index contributed by atoms with van der Waals surface area (Å²) in [6.45, 7) is 13.9. The van der Waals surface area contributed by atoms with Gasteiger partial charge in [-0.25, -0.2) is 0 Å². The Kier molecular flexibility index (Phi) is 4.11. The van der Waals surface area contributed by atoms with Crippen LogP contribution < -0.4 is 10.6 Å². The highest BCUT2D eigenvalue weighted by Gasteiger charge is 2.12. The number of hydrogen-bond donors (Lipinski definition) is 0. The summed E-state index contributed by atoms with van der Waals surface area (Å²) in [6.07, 6.45) is 0. The topological polar surface area (TPSA) is 0 Å². The number of aryl methyl sites for hydroxylation is 1. The van der Waals surface area contributed by atoms with Gasteiger partial charge in [-0.2, -0.15) is 0 Å². The molecule has 14 heavy (non-hydrogen) atoms. The summed E-state index contributed by atoms with van der Waals surface area (Å²) < 4.78 is 0. The predicted octanol–water partition coefficient (Wildman–Crippen LogP) is 3.04. The molecule has 0 aromatic heterocycles. The van der Waals surface area contributed by atoms with Crippen molar-refractivity contribution in [2.45, 2.75) is 13.8 Å². The molecule has 0 unspecified atom stereocenters. The van der Waals surface area contributed by atoms with E-state index < -0.39 is 0 Å². The normalized spacial score (nSPS) is 11.4. The van der Waals surface area contributed by atoms with Gasteiger partial charge in [0.05, 0.1) is 0 Å². The van der Waals surface area contributed by atoms with Crippen LogP contribution in [-0.2, 0) is 0 Å². The number of rotatable bonds is 2. The Morgan fingerprint density at radius 1 is 0.857 bits per heavy atom. The fourth-order valence-electron chi connectivity index (χ4n) is 1.71. The second kappa shape index (κ2) is 4.73. The molecule has 0 spiro atoms. The van der Waals surface area contributed by atoms with Crippen LogP contribution in [0.1, 0.15) is 11.1 Å². The molecule has 0 atom stereocenters. The Morgan fingerprint density at radius 3 is 1.86 bits per heavy atom. The summed E-state index contributed by atoms with van der Waals surface area (Å²) in [5.41, 5.74) is 2.96. The standard InChI is InChI=1S/C12H20P2/c1-9-7-8-11(13(3)4)12(10(9)2)14(5)6/h7-8H,1-6H3. The van der Waals surface area contributed by atoms with E-state index in [9.17, 15) is 0 Å². The fraction of sp³-hybridized carbons (Fsp3) is 0.500. The van der Waals surface area contributed by atoms with Gasteiger partial charge >= 0.3 is 0 Å². The summed E-state index contributed by atoms with van der Waals surface area (Å²) in [5, 5.41) is 3.26. The third kappa shape index (κ3) is 2.36. The lowest BCUT2D eigenvalue weighted by molar-refractivity contribution is 1.38. The third-order valence-electron chi connectivity index (χ3n) is 2.61. The van der Waals surface area contributed by atoms with E-state index in [2.05, 4.69) is 52.6 Å². The van der Waals surface area contributed by atoms with E-state index in [0.717, 1.165) is 0 Å². The summed E-state index contributed by atoms with van der Waals surface area (Å²) in [6, 6.07) is 4.61. The zero-order valence-electron chi connectivity index (χ0n) is 10.0. The second-order valence-corrected chi connectivity index (χ2v) is 8.67. The zero-order chi connectivity index (χ0) is 10.9. The molecule has 0 saturated carbocycles. The average molecular weight is 226 g/mol. The highest BCUT2D eigenvalue weighted by atomic mass is 31.1. The first-order valence-electron chi connectivity index (χ1n) is 4.90. The highest BCUT2D eigenvalue weighted by molar-refractivity contribution is 7.70. The summed E-state index contributed by atoms with van der Waals surface area (Å²) >= 11 is 0. The maximum atomic E-state index is 2.36. The van der Waals surface area contributed by atoms with E-state index in [0.29, 0.717) is 0 Å². The summed E-state index contributed by atoms with van der Waals surface area (Å²) in [5.74, 6) is 0. The average Bonchev–Trinajstić information content (AvgIpc) is 2.08. The minimum absolute atomic E-state index is 0.0303. The molecule has 0 fully saturated rings. The molecule has 0 radical (unpaired) electrons. The molecule has 0 saturated heterocycles. The highest BCUT2D eigenvalue weighted by Crippen LogP contribution is 2.32. The Morgan fingerprint density at radius 2 is 1.43 bits per heavy atom. The van der Waals surface area contributed by atoms with E-state index in [1.54, 1.807) is 10.6 Å². The molecule has 1 rings (SSSR count). The van der Waals surface area contributed by atoms with Crippen molar-refractivity contribution in [1.29, 1.82) is 0 Å². The van der Waals surface area contributed by atoms with Crippen LogP contribution in [0.15, 0.2) is 12.1 Å². The minimum Gasteiger partial charge on any atom is -0.0810 e. The number of benzene rings is 1. The van der Waals surface area contributed by atoms with Crippen LogP contribution in [0, 0.1) is 13.8 Å². The zero-order valence-corrected chi connectivity index (χ0v) is 11.8. The van der Waals surface area contributed by atoms with Gasteiger partial charge in [-0.3, -0.25) is 0 Å². The van der Waals surface area contributed by atoms with Crippen molar-refractivity contribution in [1.82, 2.24) is 0 Å². The van der Waals surface area contributed by atoms with Gasteiger partial charge in [0.15, 0.2) is 0 Å². The van der Waals surface area contributed by atoms with Crippen molar-refractivity contribution in [2.24, 2.45) is 0 Å². The van der Waals surface area contributed by atoms with Gasteiger partial charge < -0.3 is 0 Å². The van der Waals surface area contributed by atoms with Crippen LogP contribution in [0.4, 0.5) is 0 Å². The Bertz CT molecular complexity index is 327. The van der Waals surface area contributed by atoms with E-state index in [1.165, 1.54) is 11.1 Å². The lowest BCUT2D eigenvalue weighted by Crippen LogP contribution is -2.24. The van der Waals surface area contributed by atoms with Crippen molar-refractivity contribution in [3.05, 3.63) is 23.3 Å². The summed E-state index contributed by atoms with van der Waals surface area (Å²) in [4.78, 5) is 0. The van der Waals surface area contributed by atoms with Crippen molar-refractivity contribution in [3.8, 4) is 0 Å². The van der Waals surface area contributed by atoms with Crippen LogP contribution in [-0.4, -0.2) is 26.7 Å². The van der Waals surface area contributed by atoms with Crippen LogP contribution in [0.5, 0.6) is 0 Å². The Labute approximate surface area is 90.6 Å². The van der Waals surface area contributed by atoms with Crippen LogP contribution in [0.3, 0.4) is 0 Å². The lowest BCUT2D eigenvalue weighted by atomic mass is 10.1. The van der Waals surface area contributed by atoms with E-state index in [-0.39, 0.29) is 15.8 Å². The third-order valence-corrected chi connectivity index (χ3v) is 5.59. The van der Waals surface area contributed by atoms with Crippen LogP contribution in [0.2, 0.25) is 0 Å². The predicted molar refractivity (Wildman–Crippen MR) is 72.7 cm³/mol. The molecule has 0 nitrogen and oxygen atoms in total. The monoisotopic (exact) mass is 226 g/mol. The first-order valence-corrected chi connectivity index (χ1v) is 9.37. The SMILES string of the molecule is Cc1ccc(P(C)C)c(P(C)C)c1C. The molecule has 0 aliphatic carbocycles. The quantitative estimate of drug-likeness (QED) is 0.680. The molecular weight excluding hydrogens is 206 g/mol. The first-order chi connectivity index (χ1) is 6.45. The number of hydrogen-bond acceptors (Lipinski definition) is 0. The van der Waals surface area contributed by atoms with Gasteiger partial charge in [-0.15, -0.1) is 0 Å². The minimum atomic E-state index is 0.0303. The van der Waals surface area contributed by atoms with Crippen molar-refractivity contribution in [3.63, 3.8) is 0 Å². The van der Waals surface area contributed by atoms with Gasteiger partial charge in [-0.05, 0) is 62.2 Å². The van der Waals surface area contributed by atoms with E-state index >= 15 is 0 Å². The molecule has 0 aliphatic rings. The second-order valence-electron chi connectivity index (χ2n) is 4.16. The van der Waals surface area contributed by atoms with E-state index in [1.807, 2.05) is 0 Å². The smallest absolute Gasteiger partial charge is 0.0138 e. The molecule has 0 aliphatic heterocycles. The molecule has 1 aromatic rings. The maximum Gasteiger partial charge on any atom is -0.0138 e. The van der Waals surface area contributed by atoms with E-state index in [4.69, 9.17) is 0 Å². The molecule has 78 valence electrons. The summed E-state index contributed by atoms with van der Waals surface area (Å²) in [7, 11) is 0.0691. The van der Waals surface area contributed by atoms with Crippen LogP contribution >= 0.6 is 15.8 Å². The lowest BCUT2D eigenvalue weighted by Gasteiger charge is -2.20. The van der Waals surface area contributed by atoms with Crippen LogP contribution in [0.25, 0.3) is 0 Å². The van der Waals surface area contributed by atoms with Gasteiger partial charge in [0.25, 0.3) is 0 Å².